The van der Waals surface area contributed by atoms with Crippen LogP contribution in [0.4, 0.5) is 22.7 Å². The van der Waals surface area contributed by atoms with Gasteiger partial charge >= 0.3 is 0 Å². The fourth-order valence-electron chi connectivity index (χ4n) is 12.1. The van der Waals surface area contributed by atoms with Crippen molar-refractivity contribution in [1.29, 1.82) is 0 Å². The van der Waals surface area contributed by atoms with E-state index in [0.717, 1.165) is 67.2 Å². The van der Waals surface area contributed by atoms with Crippen LogP contribution in [0.25, 0.3) is 77.4 Å². The predicted octanol–water partition coefficient (Wildman–Crippen LogP) is 17.6. The van der Waals surface area contributed by atoms with Crippen LogP contribution in [0.5, 0.6) is 11.5 Å². The summed E-state index contributed by atoms with van der Waals surface area (Å²) in [5, 5.41) is 4.69. The third kappa shape index (κ3) is 6.60. The van der Waals surface area contributed by atoms with Crippen molar-refractivity contribution in [3.63, 3.8) is 0 Å². The van der Waals surface area contributed by atoms with Crippen molar-refractivity contribution in [3.05, 3.63) is 235 Å². The zero-order chi connectivity index (χ0) is 49.2. The van der Waals surface area contributed by atoms with Gasteiger partial charge in [-0.05, 0) is 87.8 Å². The largest absolute Gasteiger partial charge is 0.457 e. The summed E-state index contributed by atoms with van der Waals surface area (Å²) in [6, 6.07) is 77.0. The summed E-state index contributed by atoms with van der Waals surface area (Å²) in [6.45, 7) is 12.1. The van der Waals surface area contributed by atoms with Crippen LogP contribution in [0.2, 0.25) is 0 Å². The van der Waals surface area contributed by atoms with Crippen LogP contribution in [0.15, 0.2) is 219 Å². The van der Waals surface area contributed by atoms with E-state index < -0.39 is 0 Å². The number of anilines is 4. The zero-order valence-electron chi connectivity index (χ0n) is 41.6. The Morgan fingerprint density at radius 2 is 1.12 bits per heavy atom. The van der Waals surface area contributed by atoms with Crippen molar-refractivity contribution in [2.24, 2.45) is 0 Å². The van der Waals surface area contributed by atoms with E-state index in [2.05, 4.69) is 266 Å². The van der Waals surface area contributed by atoms with E-state index in [1.807, 2.05) is 6.20 Å². The molecule has 1 aliphatic carbocycles. The smallest absolute Gasteiger partial charge is 0.137 e. The van der Waals surface area contributed by atoms with Gasteiger partial charge in [-0.15, -0.1) is 0 Å². The lowest BCUT2D eigenvalue weighted by Crippen LogP contribution is -2.25. The molecule has 2 aliphatic rings. The first-order valence-electron chi connectivity index (χ1n) is 25.4. The second-order valence-electron chi connectivity index (χ2n) is 21.2. The number of benzene rings is 9. The summed E-state index contributed by atoms with van der Waals surface area (Å²) < 4.78 is 12.0. The van der Waals surface area contributed by atoms with Crippen LogP contribution < -0.4 is 14.5 Å². The second kappa shape index (κ2) is 16.1. The van der Waals surface area contributed by atoms with Crippen molar-refractivity contribution < 1.29 is 4.74 Å². The van der Waals surface area contributed by atoms with Crippen LogP contribution >= 0.6 is 0 Å². The van der Waals surface area contributed by atoms with Crippen LogP contribution in [0, 0.1) is 0 Å². The van der Waals surface area contributed by atoms with Gasteiger partial charge < -0.3 is 19.1 Å². The van der Waals surface area contributed by atoms with Gasteiger partial charge in [-0.1, -0.05) is 174 Å². The highest BCUT2D eigenvalue weighted by Crippen LogP contribution is 2.58. The minimum Gasteiger partial charge on any atom is -0.457 e. The number of rotatable bonds is 7. The van der Waals surface area contributed by atoms with E-state index >= 15 is 0 Å². The topological polar surface area (TPSA) is 38.5 Å². The Labute approximate surface area is 425 Å². The number of fused-ring (bicyclic) bond motifs is 10. The van der Waals surface area contributed by atoms with E-state index in [-0.39, 0.29) is 10.8 Å². The van der Waals surface area contributed by atoms with E-state index in [9.17, 15) is 0 Å². The monoisotopic (exact) mass is 943 g/mol. The Morgan fingerprint density at radius 1 is 0.479 bits per heavy atom. The maximum absolute atomic E-state index is 7.23. The van der Waals surface area contributed by atoms with E-state index in [0.29, 0.717) is 6.67 Å². The standard InChI is InChI=1S/C67H53N5O/c1-66(2,3)44-36-37-68-62(38-44)72-57-31-16-12-27-52(57)64-60(71-55-29-14-10-24-49(55)50-25-11-15-30-56(50)71)40-47(41-61(64)72)73-46-23-19-22-45(39-46)69-42-70(59-33-18-17-32-58(59)69)65-48(43-20-7-6-8-21-43)34-35-54-63(65)51-26-9-13-28-53(51)67(54,4)5/h6-41H,42H2,1-5H3. The molecular formula is C67H53N5O. The molecule has 0 N–H and O–H groups in total. The molecule has 4 heterocycles. The van der Waals surface area contributed by atoms with Crippen LogP contribution in [0.3, 0.4) is 0 Å². The number of para-hydroxylation sites is 5. The minimum absolute atomic E-state index is 0.0651. The van der Waals surface area contributed by atoms with Gasteiger partial charge in [-0.2, -0.15) is 0 Å². The molecule has 9 aromatic carbocycles. The zero-order valence-corrected chi connectivity index (χ0v) is 41.6. The Kier molecular flexibility index (Phi) is 9.46. The minimum atomic E-state index is -0.147. The quantitative estimate of drug-likeness (QED) is 0.160. The van der Waals surface area contributed by atoms with E-state index in [1.54, 1.807) is 0 Å². The van der Waals surface area contributed by atoms with Crippen LogP contribution in [-0.2, 0) is 10.8 Å². The summed E-state index contributed by atoms with van der Waals surface area (Å²) in [4.78, 5) is 10.0. The maximum atomic E-state index is 7.23. The number of aromatic nitrogens is 3. The Bertz CT molecular complexity index is 4140. The number of pyridine rings is 1. The molecule has 0 fully saturated rings. The fourth-order valence-corrected chi connectivity index (χ4v) is 12.1. The molecule has 12 aromatic rings. The van der Waals surface area contributed by atoms with Crippen LogP contribution in [-0.4, -0.2) is 20.8 Å². The fraction of sp³-hybridized carbons (Fsp3) is 0.119. The van der Waals surface area contributed by atoms with Gasteiger partial charge in [0.1, 0.15) is 24.0 Å². The number of hydrogen-bond donors (Lipinski definition) is 0. The van der Waals surface area contributed by atoms with Gasteiger partial charge in [0.15, 0.2) is 0 Å². The maximum Gasteiger partial charge on any atom is 0.137 e. The lowest BCUT2D eigenvalue weighted by molar-refractivity contribution is 0.483. The first-order chi connectivity index (χ1) is 35.6. The third-order valence-corrected chi connectivity index (χ3v) is 15.6. The highest BCUT2D eigenvalue weighted by molar-refractivity contribution is 6.17. The lowest BCUT2D eigenvalue weighted by Gasteiger charge is -2.28. The molecule has 352 valence electrons. The molecular weight excluding hydrogens is 891 g/mol. The Balaban J connectivity index is 0.935. The number of nitrogens with zero attached hydrogens (tertiary/aromatic N) is 5. The molecule has 6 nitrogen and oxygen atoms in total. The van der Waals surface area contributed by atoms with Gasteiger partial charge in [0, 0.05) is 68.2 Å². The number of ether oxygens (including phenoxy) is 1. The summed E-state index contributed by atoms with van der Waals surface area (Å²) in [5.41, 5.74) is 18.7. The van der Waals surface area contributed by atoms with Crippen molar-refractivity contribution in [2.45, 2.75) is 45.4 Å². The molecule has 0 unspecified atom stereocenters. The van der Waals surface area contributed by atoms with Gasteiger partial charge in [0.05, 0.1) is 44.8 Å². The van der Waals surface area contributed by atoms with Crippen molar-refractivity contribution in [2.75, 3.05) is 16.5 Å². The van der Waals surface area contributed by atoms with Gasteiger partial charge in [-0.3, -0.25) is 4.57 Å². The summed E-state index contributed by atoms with van der Waals surface area (Å²) >= 11 is 0. The van der Waals surface area contributed by atoms with Gasteiger partial charge in [0.2, 0.25) is 0 Å². The first-order valence-corrected chi connectivity index (χ1v) is 25.4. The molecule has 0 amide bonds. The molecule has 3 aromatic heterocycles. The molecule has 1 aliphatic heterocycles. The Hall–Kier alpha value is -8.87. The lowest BCUT2D eigenvalue weighted by atomic mass is 9.82. The van der Waals surface area contributed by atoms with Crippen LogP contribution in [0.1, 0.15) is 51.3 Å². The van der Waals surface area contributed by atoms with E-state index in [1.165, 1.54) is 61.1 Å². The van der Waals surface area contributed by atoms with E-state index in [4.69, 9.17) is 9.72 Å². The van der Waals surface area contributed by atoms with Crippen molar-refractivity contribution in [3.8, 4) is 45.3 Å². The van der Waals surface area contributed by atoms with Gasteiger partial charge in [0.25, 0.3) is 0 Å². The molecule has 6 heteroatoms. The Morgan fingerprint density at radius 3 is 1.86 bits per heavy atom. The summed E-state index contributed by atoms with van der Waals surface area (Å²) in [7, 11) is 0. The SMILES string of the molecule is CC(C)(C)c1ccnc(-n2c3ccccc3c3c(-n4c5ccccc5c5ccccc54)cc(Oc4cccc(N5CN(c6c(-c7ccccc7)ccc7c6-c6ccccc6C7(C)C)c6ccccc65)c4)cc32)c1. The molecule has 0 radical (unpaired) electrons. The molecule has 0 saturated heterocycles. The molecule has 73 heavy (non-hydrogen) atoms. The third-order valence-electron chi connectivity index (χ3n) is 15.6. The predicted molar refractivity (Wildman–Crippen MR) is 303 cm³/mol. The second-order valence-corrected chi connectivity index (χ2v) is 21.2. The molecule has 0 saturated carbocycles. The van der Waals surface area contributed by atoms with Crippen molar-refractivity contribution in [1.82, 2.24) is 14.1 Å². The first kappa shape index (κ1) is 43.0. The highest BCUT2D eigenvalue weighted by Gasteiger charge is 2.40. The molecule has 14 rings (SSSR count). The summed E-state index contributed by atoms with van der Waals surface area (Å²) in [5.74, 6) is 2.35. The average molecular weight is 944 g/mol. The van der Waals surface area contributed by atoms with Gasteiger partial charge in [-0.25, -0.2) is 4.98 Å². The molecule has 0 spiro atoms. The van der Waals surface area contributed by atoms with Crippen molar-refractivity contribution >= 4 is 66.4 Å². The highest BCUT2D eigenvalue weighted by atomic mass is 16.5. The summed E-state index contributed by atoms with van der Waals surface area (Å²) in [6.07, 6.45) is 1.95. The molecule has 0 bridgehead atoms. The normalized spacial score (nSPS) is 13.8. The average Bonchev–Trinajstić information content (AvgIpc) is 4.14. The molecule has 0 atom stereocenters. The number of hydrogen-bond acceptors (Lipinski definition) is 4.